The molecule has 0 bridgehead atoms. The van der Waals surface area contributed by atoms with Gasteiger partial charge in [-0.2, -0.15) is 0 Å². The summed E-state index contributed by atoms with van der Waals surface area (Å²) < 4.78 is 38.6. The van der Waals surface area contributed by atoms with Crippen molar-refractivity contribution in [3.05, 3.63) is 65.6 Å². The van der Waals surface area contributed by atoms with Gasteiger partial charge in [-0.05, 0) is 69.2 Å². The second-order valence-electron chi connectivity index (χ2n) is 7.54. The van der Waals surface area contributed by atoms with E-state index in [1.54, 1.807) is 39.2 Å². The first-order valence-electron chi connectivity index (χ1n) is 10.7. The molecule has 0 saturated carbocycles. The Balaban J connectivity index is 1.59. The maximum atomic E-state index is 12.7. The molecule has 3 aromatic rings. The average Bonchev–Trinajstić information content (AvgIpc) is 2.78. The van der Waals surface area contributed by atoms with Crippen molar-refractivity contribution in [2.45, 2.75) is 38.5 Å². The number of carbonyl (C=O) groups excluding carboxylic acids is 1. The lowest BCUT2D eigenvalue weighted by Gasteiger charge is -2.11. The Labute approximate surface area is 199 Å². The Morgan fingerprint density at radius 1 is 1.00 bits per heavy atom. The van der Waals surface area contributed by atoms with Crippen LogP contribution in [-0.2, 0) is 21.2 Å². The van der Waals surface area contributed by atoms with Gasteiger partial charge in [-0.1, -0.05) is 6.07 Å². The summed E-state index contributed by atoms with van der Waals surface area (Å²) in [6.07, 6.45) is 0.772. The van der Waals surface area contributed by atoms with Crippen molar-refractivity contribution < 1.29 is 22.7 Å². The van der Waals surface area contributed by atoms with Crippen molar-refractivity contribution in [2.24, 2.45) is 0 Å². The van der Waals surface area contributed by atoms with E-state index in [2.05, 4.69) is 20.0 Å². The zero-order valence-corrected chi connectivity index (χ0v) is 20.4. The first-order valence-corrected chi connectivity index (χ1v) is 12.2. The van der Waals surface area contributed by atoms with Gasteiger partial charge < -0.3 is 14.8 Å². The van der Waals surface area contributed by atoms with Crippen molar-refractivity contribution in [3.63, 3.8) is 0 Å². The molecule has 9 nitrogen and oxygen atoms in total. The fourth-order valence-corrected chi connectivity index (χ4v) is 4.30. The molecular weight excluding hydrogens is 456 g/mol. The Hall–Kier alpha value is -3.66. The van der Waals surface area contributed by atoms with Gasteiger partial charge in [0.15, 0.2) is 11.5 Å². The molecule has 0 unspecified atom stereocenters. The monoisotopic (exact) mass is 484 g/mol. The van der Waals surface area contributed by atoms with E-state index in [1.165, 1.54) is 12.1 Å². The van der Waals surface area contributed by atoms with E-state index >= 15 is 0 Å². The highest BCUT2D eigenvalue weighted by Crippen LogP contribution is 2.28. The number of hydrogen-bond acceptors (Lipinski definition) is 7. The number of benzene rings is 2. The standard InChI is InChI=1S/C24H28N4O5S/c1-5-33-21-12-6-18(15-22(21)32-4)7-13-24(29)27-19-8-10-20(11-9-19)34(30,31)28-23-14-16(2)25-17(3)26-23/h6,8-12,14-15H,5,7,13H2,1-4H3,(H,27,29)(H,25,26,28). The molecule has 0 aliphatic rings. The van der Waals surface area contributed by atoms with Crippen LogP contribution in [0.5, 0.6) is 11.5 Å². The molecule has 0 atom stereocenters. The zero-order valence-electron chi connectivity index (χ0n) is 19.6. The molecule has 10 heteroatoms. The van der Waals surface area contributed by atoms with E-state index in [-0.39, 0.29) is 23.0 Å². The molecule has 34 heavy (non-hydrogen) atoms. The number of rotatable bonds is 10. The largest absolute Gasteiger partial charge is 0.493 e. The molecule has 1 amide bonds. The van der Waals surface area contributed by atoms with Crippen molar-refractivity contribution in [1.29, 1.82) is 0 Å². The highest BCUT2D eigenvalue weighted by atomic mass is 32.2. The number of nitrogens with zero attached hydrogens (tertiary/aromatic N) is 2. The van der Waals surface area contributed by atoms with E-state index < -0.39 is 10.0 Å². The van der Waals surface area contributed by atoms with Gasteiger partial charge >= 0.3 is 0 Å². The Kier molecular flexibility index (Phi) is 8.06. The minimum Gasteiger partial charge on any atom is -0.493 e. The van der Waals surface area contributed by atoms with Crippen molar-refractivity contribution in [3.8, 4) is 11.5 Å². The maximum Gasteiger partial charge on any atom is 0.263 e. The summed E-state index contributed by atoms with van der Waals surface area (Å²) >= 11 is 0. The summed E-state index contributed by atoms with van der Waals surface area (Å²) in [7, 11) is -2.26. The normalized spacial score (nSPS) is 11.1. The summed E-state index contributed by atoms with van der Waals surface area (Å²) in [4.78, 5) is 20.7. The SMILES string of the molecule is CCOc1ccc(CCC(=O)Nc2ccc(S(=O)(=O)Nc3cc(C)nc(C)n3)cc2)cc1OC. The number of aryl methyl sites for hydroxylation is 3. The molecule has 1 heterocycles. The van der Waals surface area contributed by atoms with Crippen molar-refractivity contribution in [2.75, 3.05) is 23.8 Å². The predicted octanol–water partition coefficient (Wildman–Crippen LogP) is 3.87. The van der Waals surface area contributed by atoms with E-state index in [4.69, 9.17) is 9.47 Å². The third-order valence-corrected chi connectivity index (χ3v) is 6.19. The van der Waals surface area contributed by atoms with Crippen LogP contribution < -0.4 is 19.5 Å². The highest BCUT2D eigenvalue weighted by Gasteiger charge is 2.16. The molecule has 0 radical (unpaired) electrons. The molecule has 180 valence electrons. The van der Waals surface area contributed by atoms with E-state index in [1.807, 2.05) is 25.1 Å². The van der Waals surface area contributed by atoms with E-state index in [0.29, 0.717) is 41.7 Å². The van der Waals surface area contributed by atoms with Crippen LogP contribution in [0.2, 0.25) is 0 Å². The van der Waals surface area contributed by atoms with Gasteiger partial charge in [-0.3, -0.25) is 9.52 Å². The van der Waals surface area contributed by atoms with Crippen LogP contribution in [0.4, 0.5) is 11.5 Å². The van der Waals surface area contributed by atoms with Gasteiger partial charge in [-0.25, -0.2) is 18.4 Å². The van der Waals surface area contributed by atoms with Crippen LogP contribution >= 0.6 is 0 Å². The van der Waals surface area contributed by atoms with Gasteiger partial charge in [0, 0.05) is 23.9 Å². The van der Waals surface area contributed by atoms with Crippen LogP contribution in [0.25, 0.3) is 0 Å². The summed E-state index contributed by atoms with van der Waals surface area (Å²) in [5.41, 5.74) is 2.10. The fraction of sp³-hybridized carbons (Fsp3) is 0.292. The average molecular weight is 485 g/mol. The molecule has 3 rings (SSSR count). The summed E-state index contributed by atoms with van der Waals surface area (Å²) in [6.45, 7) is 5.88. The molecule has 0 saturated heterocycles. The molecule has 2 N–H and O–H groups in total. The minimum absolute atomic E-state index is 0.0564. The second-order valence-corrected chi connectivity index (χ2v) is 9.22. The molecular formula is C24H28N4O5S. The van der Waals surface area contributed by atoms with Crippen LogP contribution in [0, 0.1) is 13.8 Å². The van der Waals surface area contributed by atoms with E-state index in [9.17, 15) is 13.2 Å². The Morgan fingerprint density at radius 3 is 2.38 bits per heavy atom. The first-order chi connectivity index (χ1) is 16.2. The number of carbonyl (C=O) groups is 1. The minimum atomic E-state index is -3.83. The number of sulfonamides is 1. The number of hydrogen-bond donors (Lipinski definition) is 2. The lowest BCUT2D eigenvalue weighted by molar-refractivity contribution is -0.116. The Morgan fingerprint density at radius 2 is 1.74 bits per heavy atom. The van der Waals surface area contributed by atoms with Crippen molar-refractivity contribution in [1.82, 2.24) is 9.97 Å². The Bertz CT molecular complexity index is 1240. The second kappa shape index (κ2) is 11.0. The van der Waals surface area contributed by atoms with E-state index in [0.717, 1.165) is 5.56 Å². The molecule has 2 aromatic carbocycles. The molecule has 0 fully saturated rings. The number of aromatic nitrogens is 2. The third-order valence-electron chi connectivity index (χ3n) is 4.82. The summed E-state index contributed by atoms with van der Waals surface area (Å²) in [5, 5.41) is 2.79. The first kappa shape index (κ1) is 25.0. The number of methoxy groups -OCH3 is 1. The van der Waals surface area contributed by atoms with Crippen LogP contribution in [0.1, 0.15) is 30.4 Å². The molecule has 0 spiro atoms. The number of nitrogens with one attached hydrogen (secondary N) is 2. The topological polar surface area (TPSA) is 120 Å². The molecule has 0 aliphatic carbocycles. The predicted molar refractivity (Wildman–Crippen MR) is 130 cm³/mol. The number of anilines is 2. The zero-order chi connectivity index (χ0) is 24.7. The smallest absolute Gasteiger partial charge is 0.263 e. The maximum absolute atomic E-state index is 12.7. The lowest BCUT2D eigenvalue weighted by atomic mass is 10.1. The molecule has 1 aromatic heterocycles. The van der Waals surface area contributed by atoms with Gasteiger partial charge in [0.1, 0.15) is 11.6 Å². The molecule has 0 aliphatic heterocycles. The number of amides is 1. The van der Waals surface area contributed by atoms with Crippen LogP contribution in [0.3, 0.4) is 0 Å². The fourth-order valence-electron chi connectivity index (χ4n) is 3.31. The van der Waals surface area contributed by atoms with Crippen LogP contribution in [-0.4, -0.2) is 38.0 Å². The van der Waals surface area contributed by atoms with Gasteiger partial charge in [0.2, 0.25) is 5.91 Å². The highest BCUT2D eigenvalue weighted by molar-refractivity contribution is 7.92. The van der Waals surface area contributed by atoms with Gasteiger partial charge in [-0.15, -0.1) is 0 Å². The van der Waals surface area contributed by atoms with Gasteiger partial charge in [0.25, 0.3) is 10.0 Å². The van der Waals surface area contributed by atoms with Crippen LogP contribution in [0.15, 0.2) is 53.4 Å². The number of ether oxygens (including phenoxy) is 2. The quantitative estimate of drug-likeness (QED) is 0.448. The lowest BCUT2D eigenvalue weighted by Crippen LogP contribution is -2.15. The summed E-state index contributed by atoms with van der Waals surface area (Å²) in [6, 6.07) is 13.1. The summed E-state index contributed by atoms with van der Waals surface area (Å²) in [5.74, 6) is 1.77. The van der Waals surface area contributed by atoms with Gasteiger partial charge in [0.05, 0.1) is 18.6 Å². The van der Waals surface area contributed by atoms with Crippen molar-refractivity contribution >= 4 is 27.4 Å². The third kappa shape index (κ3) is 6.67.